The van der Waals surface area contributed by atoms with Crippen LogP contribution in [0.25, 0.3) is 0 Å². The number of carboxylic acids is 1. The van der Waals surface area contributed by atoms with Crippen LogP contribution in [0.2, 0.25) is 0 Å². The van der Waals surface area contributed by atoms with Crippen molar-refractivity contribution in [3.63, 3.8) is 0 Å². The topological polar surface area (TPSA) is 457 Å². The molecule has 3 aromatic heterocycles. The number of benzene rings is 3. The Hall–Kier alpha value is -10.0. The van der Waals surface area contributed by atoms with E-state index in [9.17, 15) is 63.6 Å². The van der Waals surface area contributed by atoms with Gasteiger partial charge in [0, 0.05) is 19.1 Å². The highest BCUT2D eigenvalue weighted by Gasteiger charge is 2.37. The number of hydrogen-bond donors (Lipinski definition) is 11. The van der Waals surface area contributed by atoms with Crippen LogP contribution < -0.4 is 51.8 Å². The largest absolute Gasteiger partial charge is 0.474 e. The Morgan fingerprint density at radius 3 is 1.12 bits per heavy atom. The van der Waals surface area contributed by atoms with Gasteiger partial charge in [0.2, 0.25) is 30.1 Å². The third-order valence-electron chi connectivity index (χ3n) is 17.2. The van der Waals surface area contributed by atoms with Gasteiger partial charge in [-0.1, -0.05) is 57.2 Å². The van der Waals surface area contributed by atoms with Crippen LogP contribution in [0.4, 0.5) is 44.1 Å². The molecule has 3 saturated heterocycles. The summed E-state index contributed by atoms with van der Waals surface area (Å²) in [6.45, 7) is 23.7. The maximum Gasteiger partial charge on any atom is 0.413 e. The second kappa shape index (κ2) is 37.7. The number of nitrogen functional groups attached to an aromatic ring is 1. The van der Waals surface area contributed by atoms with Crippen molar-refractivity contribution >= 4 is 112 Å². The molecule has 32 nitrogen and oxygen atoms in total. The van der Waals surface area contributed by atoms with E-state index in [1.165, 1.54) is 81.4 Å². The molecule has 0 unspecified atom stereocenters. The number of anilines is 6. The van der Waals surface area contributed by atoms with Gasteiger partial charge in [0.15, 0.2) is 0 Å². The van der Waals surface area contributed by atoms with Gasteiger partial charge in [0.05, 0.1) is 62.4 Å². The Morgan fingerprint density at radius 2 is 0.806 bits per heavy atom. The fraction of sp³-hybridized carbons (Fsp3) is 0.438. The van der Waals surface area contributed by atoms with E-state index >= 15 is 0 Å². The molecule has 12 N–H and O–H groups in total. The van der Waals surface area contributed by atoms with Crippen molar-refractivity contribution in [1.29, 1.82) is 0 Å². The van der Waals surface area contributed by atoms with Crippen LogP contribution in [0, 0.1) is 38.5 Å². The highest BCUT2D eigenvalue weighted by molar-refractivity contribution is 7.90. The van der Waals surface area contributed by atoms with E-state index in [4.69, 9.17) is 20.3 Å². The molecule has 7 amide bonds. The molecule has 586 valence electrons. The molecule has 6 aromatic rings. The minimum absolute atomic E-state index is 0.121. The number of piperidine rings is 3. The van der Waals surface area contributed by atoms with Gasteiger partial charge in [-0.2, -0.15) is 0 Å². The van der Waals surface area contributed by atoms with Gasteiger partial charge in [-0.25, -0.2) is 68.8 Å². The Morgan fingerprint density at radius 1 is 0.472 bits per heavy atom. The zero-order valence-corrected chi connectivity index (χ0v) is 65.7. The van der Waals surface area contributed by atoms with Gasteiger partial charge < -0.3 is 51.4 Å². The fourth-order valence-electron chi connectivity index (χ4n) is 11.5. The highest BCUT2D eigenvalue weighted by Crippen LogP contribution is 2.36. The molecule has 3 aromatic carbocycles. The van der Waals surface area contributed by atoms with Gasteiger partial charge in [-0.05, 0) is 234 Å². The molecule has 108 heavy (non-hydrogen) atoms. The van der Waals surface area contributed by atoms with Crippen LogP contribution in [0.15, 0.2) is 124 Å². The van der Waals surface area contributed by atoms with Crippen LogP contribution in [0.5, 0.6) is 0 Å². The predicted octanol–water partition coefficient (Wildman–Crippen LogP) is 8.82. The number of carbonyl (C=O) groups excluding carboxylic acids is 7. The summed E-state index contributed by atoms with van der Waals surface area (Å²) in [5.74, 6) is -3.58. The second-order valence-corrected chi connectivity index (χ2v) is 34.1. The van der Waals surface area contributed by atoms with Crippen LogP contribution in [-0.2, 0) is 68.3 Å². The predicted molar refractivity (Wildman–Crippen MR) is 407 cm³/mol. The van der Waals surface area contributed by atoms with Crippen molar-refractivity contribution in [3.05, 3.63) is 143 Å². The molecule has 6 atom stereocenters. The lowest BCUT2D eigenvalue weighted by molar-refractivity contribution is -0.147. The number of rotatable bonds is 14. The number of amides is 7. The maximum atomic E-state index is 13.2. The molecular formula is C73H99N15O17S3. The normalized spacial score (nSPS) is 18.1. The first-order chi connectivity index (χ1) is 50.4. The van der Waals surface area contributed by atoms with E-state index in [0.717, 1.165) is 48.4 Å². The van der Waals surface area contributed by atoms with Gasteiger partial charge in [-0.3, -0.25) is 34.6 Å². The number of likely N-dealkylation sites (tertiary alicyclic amines) is 2. The van der Waals surface area contributed by atoms with Crippen LogP contribution in [0.1, 0.15) is 152 Å². The number of nitrogens with one attached hydrogen (secondary N) is 9. The van der Waals surface area contributed by atoms with Crippen molar-refractivity contribution in [2.24, 2.45) is 17.8 Å². The van der Waals surface area contributed by atoms with E-state index in [1.807, 2.05) is 26.0 Å². The van der Waals surface area contributed by atoms with Gasteiger partial charge >= 0.3 is 47.7 Å². The summed E-state index contributed by atoms with van der Waals surface area (Å²) in [4.78, 5) is 113. The van der Waals surface area contributed by atoms with Crippen molar-refractivity contribution in [2.45, 2.75) is 166 Å². The number of aliphatic carboxylic acids is 1. The van der Waals surface area contributed by atoms with E-state index in [1.54, 1.807) is 116 Å². The Labute approximate surface area is 630 Å². The Kier molecular flexibility index (Phi) is 30.3. The molecule has 3 fully saturated rings. The molecule has 0 saturated carbocycles. The second-order valence-electron chi connectivity index (χ2n) is 28.4. The first kappa shape index (κ1) is 86.9. The standard InChI is InChI=1S/C26H35N5O6S.C21H27N5O4S.C13H17N3O5.C13H20N2O2S/c1-16-7-12-21(18-8-10-20(11-9-18)38(35,36)27-6)31(15-16)24(33)23(32)29-19-13-17(2)22(28-14-19)30-25(34)37-26(3,4)5;1-13-4-9-18(15-5-7-17(8-6-15)31(29,30)23-3)26(12-13)21(28)20(27)25-16-10-14(2)19(22)24-11-16;1-7-5-8(15-10(17)11(18)19)6-14-9(7)16-12(20)21-13(2,3)4;1-10-3-8-13(15-9-10)11-4-6-12(7-5-11)18(16,17)14-2/h8-11,13-14,16,21,27H,7,12,15H2,1-6H3,(H,29,32)(H,28,30,34);5-8,10-11,13,18,23H,4,9,12H2,1-3H3,(H2,22,24)(H,25,27);5-6H,1-4H3,(H,15,17)(H,18,19)(H,14,16,20);4-7,10,13-15H,3,8-9H2,1-2H3/t16-,21+;13-,18+;;10-,13+/m11.0/s1. The number of sulfonamides is 3. The third kappa shape index (κ3) is 25.6. The summed E-state index contributed by atoms with van der Waals surface area (Å²) in [6, 6.07) is 24.3. The number of ether oxygens (including phenoxy) is 2. The molecule has 0 spiro atoms. The van der Waals surface area contributed by atoms with Crippen LogP contribution in [-0.4, -0.2) is 155 Å². The number of pyridine rings is 3. The lowest BCUT2D eigenvalue weighted by atomic mass is 9.90. The molecule has 0 bridgehead atoms. The highest BCUT2D eigenvalue weighted by atomic mass is 32.2. The number of nitrogens with zero attached hydrogens (tertiary/aromatic N) is 5. The number of aryl methyl sites for hydroxylation is 3. The van der Waals surface area contributed by atoms with Crippen molar-refractivity contribution in [3.8, 4) is 0 Å². The SMILES string of the molecule is CNS(=O)(=O)c1ccc([C@@H]2CC[C@@H](C)CN2C(=O)C(=O)Nc2cnc(N)c(C)c2)cc1.CNS(=O)(=O)c1ccc([C@@H]2CC[C@@H](C)CN2C(=O)C(=O)Nc2cnc(NC(=O)OC(C)(C)C)c(C)c2)cc1.CNS(=O)(=O)c1ccc([C@H]2CC[C@H](C)CN2)cc1.Cc1cc(NC(=O)C(=O)O)cnc1NC(=O)OC(C)(C)C. The molecule has 3 aliphatic heterocycles. The summed E-state index contributed by atoms with van der Waals surface area (Å²) < 4.78 is 88.5. The van der Waals surface area contributed by atoms with E-state index in [-0.39, 0.29) is 51.0 Å². The number of nitrogens with two attached hydrogens (primary N) is 1. The molecular weight excluding hydrogens is 1460 g/mol. The Bertz CT molecular complexity index is 4570. The minimum Gasteiger partial charge on any atom is -0.474 e. The summed E-state index contributed by atoms with van der Waals surface area (Å²) >= 11 is 0. The van der Waals surface area contributed by atoms with Crippen LogP contribution >= 0.6 is 0 Å². The smallest absolute Gasteiger partial charge is 0.413 e. The minimum atomic E-state index is -3.58. The molecule has 9 rings (SSSR count). The first-order valence-corrected chi connectivity index (χ1v) is 39.2. The van der Waals surface area contributed by atoms with Gasteiger partial charge in [-0.15, -0.1) is 0 Å². The van der Waals surface area contributed by atoms with Gasteiger partial charge in [0.25, 0.3) is 0 Å². The summed E-state index contributed by atoms with van der Waals surface area (Å²) in [5, 5.41) is 24.4. The number of aromatic nitrogens is 3. The zero-order chi connectivity index (χ0) is 80.4. The summed E-state index contributed by atoms with van der Waals surface area (Å²) in [5.41, 5.74) is 9.84. The fourth-order valence-corrected chi connectivity index (χ4v) is 13.7. The van der Waals surface area contributed by atoms with Crippen molar-refractivity contribution in [1.82, 2.24) is 44.2 Å². The Balaban J connectivity index is 0.000000234. The van der Waals surface area contributed by atoms with Crippen LogP contribution in [0.3, 0.4) is 0 Å². The molecule has 6 heterocycles. The molecule has 0 radical (unpaired) electrons. The molecule has 35 heteroatoms. The summed E-state index contributed by atoms with van der Waals surface area (Å²) in [6.07, 6.45) is 8.10. The lowest BCUT2D eigenvalue weighted by Gasteiger charge is -2.38. The number of carboxylic acid groups (broad SMARTS) is 1. The quantitative estimate of drug-likeness (QED) is 0.0453. The molecule has 0 aliphatic carbocycles. The lowest BCUT2D eigenvalue weighted by Crippen LogP contribution is -2.46. The van der Waals surface area contributed by atoms with Crippen molar-refractivity contribution < 1.29 is 78.2 Å². The number of carbonyl (C=O) groups is 8. The van der Waals surface area contributed by atoms with E-state index in [0.29, 0.717) is 70.8 Å². The third-order valence-corrected chi connectivity index (χ3v) is 21.5. The van der Waals surface area contributed by atoms with E-state index < -0.39 is 89.0 Å². The average molecular weight is 1550 g/mol. The average Bonchev–Trinajstić information content (AvgIpc) is 0.799. The van der Waals surface area contributed by atoms with Crippen molar-refractivity contribution in [2.75, 3.05) is 73.1 Å². The van der Waals surface area contributed by atoms with E-state index in [2.05, 4.69) is 67.9 Å². The first-order valence-electron chi connectivity index (χ1n) is 34.7. The summed E-state index contributed by atoms with van der Waals surface area (Å²) in [7, 11) is -6.34. The zero-order valence-electron chi connectivity index (χ0n) is 63.2. The molecule has 3 aliphatic rings. The monoisotopic (exact) mass is 1550 g/mol. The maximum absolute atomic E-state index is 13.2. The number of hydrogen-bond acceptors (Lipinski definition) is 21. The van der Waals surface area contributed by atoms with Gasteiger partial charge in [0.1, 0.15) is 28.7 Å².